The van der Waals surface area contributed by atoms with Crippen molar-refractivity contribution >= 4 is 18.2 Å². The van der Waals surface area contributed by atoms with Crippen molar-refractivity contribution in [3.63, 3.8) is 0 Å². The fourth-order valence-corrected chi connectivity index (χ4v) is 3.32. The Balaban J connectivity index is 1.57. The van der Waals surface area contributed by atoms with Gasteiger partial charge in [-0.2, -0.15) is 4.98 Å². The molecule has 24 heavy (non-hydrogen) atoms. The first-order chi connectivity index (χ1) is 11.7. The Morgan fingerprint density at radius 2 is 2.04 bits per heavy atom. The van der Waals surface area contributed by atoms with Gasteiger partial charge in [-0.3, -0.25) is 4.79 Å². The molecular weight excluding hydrogens is 302 g/mol. The zero-order valence-corrected chi connectivity index (χ0v) is 14.5. The van der Waals surface area contributed by atoms with E-state index in [1.54, 1.807) is 5.57 Å². The highest BCUT2D eigenvalue weighted by molar-refractivity contribution is 5.50. The Bertz CT molecular complexity index is 593. The molecule has 1 aliphatic heterocycles. The van der Waals surface area contributed by atoms with Crippen molar-refractivity contribution in [2.75, 3.05) is 42.9 Å². The first kappa shape index (κ1) is 16.7. The van der Waals surface area contributed by atoms with E-state index in [9.17, 15) is 4.79 Å². The number of carbonyl (C=O) groups is 1. The molecule has 1 saturated heterocycles. The lowest BCUT2D eigenvalue weighted by Gasteiger charge is -2.33. The Morgan fingerprint density at radius 1 is 1.21 bits per heavy atom. The number of nitrogens with one attached hydrogen (secondary N) is 1. The van der Waals surface area contributed by atoms with E-state index in [0.717, 1.165) is 57.1 Å². The van der Waals surface area contributed by atoms with Gasteiger partial charge >= 0.3 is 0 Å². The molecular formula is C18H27N5O. The summed E-state index contributed by atoms with van der Waals surface area (Å²) < 4.78 is 0. The number of aryl methyl sites for hydroxylation is 1. The number of piperazine rings is 1. The van der Waals surface area contributed by atoms with Crippen LogP contribution in [0.3, 0.4) is 0 Å². The Kier molecular flexibility index (Phi) is 5.67. The lowest BCUT2D eigenvalue weighted by molar-refractivity contribution is -0.118. The van der Waals surface area contributed by atoms with Crippen molar-refractivity contribution in [3.05, 3.63) is 23.4 Å². The van der Waals surface area contributed by atoms with Crippen LogP contribution >= 0.6 is 0 Å². The number of allylic oxidation sites excluding steroid dienone is 1. The van der Waals surface area contributed by atoms with Gasteiger partial charge in [-0.1, -0.05) is 11.6 Å². The highest BCUT2D eigenvalue weighted by Gasteiger charge is 2.17. The van der Waals surface area contributed by atoms with E-state index in [4.69, 9.17) is 0 Å². The minimum absolute atomic E-state index is 0.708. The van der Waals surface area contributed by atoms with Crippen molar-refractivity contribution in [1.82, 2.24) is 14.9 Å². The third-order valence-electron chi connectivity index (χ3n) is 4.74. The smallest absolute Gasteiger partial charge is 0.224 e. The maximum absolute atomic E-state index is 10.8. The predicted molar refractivity (Wildman–Crippen MR) is 96.3 cm³/mol. The molecule has 0 unspecified atom stereocenters. The fourth-order valence-electron chi connectivity index (χ4n) is 3.32. The minimum Gasteiger partial charge on any atom is -0.354 e. The monoisotopic (exact) mass is 329 g/mol. The zero-order valence-electron chi connectivity index (χ0n) is 14.5. The molecule has 6 nitrogen and oxygen atoms in total. The van der Waals surface area contributed by atoms with Crippen LogP contribution < -0.4 is 10.2 Å². The standard InChI is InChI=1S/C18H27N5O/c1-15-13-17(23-11-9-22(14-24)10-12-23)21-18(20-15)19-8-7-16-5-3-2-4-6-16/h5,13-14H,2-4,6-12H2,1H3,(H,19,20,21). The van der Waals surface area contributed by atoms with E-state index < -0.39 is 0 Å². The molecule has 0 saturated carbocycles. The molecule has 0 radical (unpaired) electrons. The summed E-state index contributed by atoms with van der Waals surface area (Å²) >= 11 is 0. The first-order valence-corrected chi connectivity index (χ1v) is 8.96. The summed E-state index contributed by atoms with van der Waals surface area (Å²) in [6.45, 7) is 6.03. The van der Waals surface area contributed by atoms with Gasteiger partial charge in [-0.25, -0.2) is 4.98 Å². The number of hydrogen-bond acceptors (Lipinski definition) is 5. The molecule has 0 spiro atoms. The van der Waals surface area contributed by atoms with Crippen LogP contribution in [-0.4, -0.2) is 54.0 Å². The number of nitrogens with zero attached hydrogens (tertiary/aromatic N) is 4. The van der Waals surface area contributed by atoms with Gasteiger partial charge in [0.15, 0.2) is 0 Å². The van der Waals surface area contributed by atoms with Crippen LogP contribution in [0.25, 0.3) is 0 Å². The molecule has 0 aromatic carbocycles. The van der Waals surface area contributed by atoms with E-state index in [2.05, 4.69) is 26.3 Å². The van der Waals surface area contributed by atoms with Gasteiger partial charge in [0.25, 0.3) is 0 Å². The molecule has 6 heteroatoms. The van der Waals surface area contributed by atoms with Gasteiger partial charge < -0.3 is 15.1 Å². The quantitative estimate of drug-likeness (QED) is 0.641. The molecule has 1 N–H and O–H groups in total. The number of hydrogen-bond donors (Lipinski definition) is 1. The van der Waals surface area contributed by atoms with Crippen molar-refractivity contribution in [2.45, 2.75) is 39.0 Å². The highest BCUT2D eigenvalue weighted by atomic mass is 16.1. The molecule has 1 amide bonds. The number of rotatable bonds is 6. The average molecular weight is 329 g/mol. The second-order valence-corrected chi connectivity index (χ2v) is 6.60. The van der Waals surface area contributed by atoms with E-state index >= 15 is 0 Å². The molecule has 2 aliphatic rings. The summed E-state index contributed by atoms with van der Waals surface area (Å²) in [5.41, 5.74) is 2.53. The summed E-state index contributed by atoms with van der Waals surface area (Å²) in [7, 11) is 0. The van der Waals surface area contributed by atoms with Crippen LogP contribution in [0.2, 0.25) is 0 Å². The molecule has 0 atom stereocenters. The SMILES string of the molecule is Cc1cc(N2CCN(C=O)CC2)nc(NCCC2=CCCCC2)n1. The maximum atomic E-state index is 10.8. The molecule has 1 aromatic heterocycles. The fraction of sp³-hybridized carbons (Fsp3) is 0.611. The van der Waals surface area contributed by atoms with Crippen LogP contribution in [0.1, 0.15) is 37.8 Å². The summed E-state index contributed by atoms with van der Waals surface area (Å²) in [5, 5.41) is 3.38. The number of carbonyl (C=O) groups excluding carboxylic acids is 1. The van der Waals surface area contributed by atoms with Gasteiger partial charge in [-0.15, -0.1) is 0 Å². The maximum Gasteiger partial charge on any atom is 0.224 e. The second-order valence-electron chi connectivity index (χ2n) is 6.60. The van der Waals surface area contributed by atoms with Crippen molar-refractivity contribution in [3.8, 4) is 0 Å². The minimum atomic E-state index is 0.708. The molecule has 1 aromatic rings. The van der Waals surface area contributed by atoms with Gasteiger partial charge in [0, 0.05) is 44.5 Å². The van der Waals surface area contributed by atoms with Crippen LogP contribution in [0.5, 0.6) is 0 Å². The van der Waals surface area contributed by atoms with Gasteiger partial charge in [0.05, 0.1) is 0 Å². The van der Waals surface area contributed by atoms with E-state index in [1.165, 1.54) is 25.7 Å². The van der Waals surface area contributed by atoms with Crippen LogP contribution in [0.4, 0.5) is 11.8 Å². The van der Waals surface area contributed by atoms with Crippen molar-refractivity contribution < 1.29 is 4.79 Å². The largest absolute Gasteiger partial charge is 0.354 e. The molecule has 2 heterocycles. The zero-order chi connectivity index (χ0) is 16.8. The van der Waals surface area contributed by atoms with Crippen molar-refractivity contribution in [2.24, 2.45) is 0 Å². The molecule has 1 fully saturated rings. The molecule has 130 valence electrons. The summed E-state index contributed by atoms with van der Waals surface area (Å²) in [6, 6.07) is 2.02. The summed E-state index contributed by atoms with van der Waals surface area (Å²) in [5.74, 6) is 1.66. The number of aromatic nitrogens is 2. The van der Waals surface area contributed by atoms with Crippen LogP contribution in [-0.2, 0) is 4.79 Å². The third-order valence-corrected chi connectivity index (χ3v) is 4.74. The topological polar surface area (TPSA) is 61.4 Å². The Morgan fingerprint density at radius 3 is 2.75 bits per heavy atom. The van der Waals surface area contributed by atoms with Gasteiger partial charge in [-0.05, 0) is 39.0 Å². The van der Waals surface area contributed by atoms with Crippen LogP contribution in [0, 0.1) is 6.92 Å². The average Bonchev–Trinajstić information content (AvgIpc) is 2.62. The summed E-state index contributed by atoms with van der Waals surface area (Å²) in [4.78, 5) is 24.0. The molecule has 3 rings (SSSR count). The summed E-state index contributed by atoms with van der Waals surface area (Å²) in [6.07, 6.45) is 9.51. The lowest BCUT2D eigenvalue weighted by atomic mass is 9.97. The highest BCUT2D eigenvalue weighted by Crippen LogP contribution is 2.20. The molecule has 0 bridgehead atoms. The van der Waals surface area contributed by atoms with Gasteiger partial charge in [0.1, 0.15) is 5.82 Å². The predicted octanol–water partition coefficient (Wildman–Crippen LogP) is 2.37. The molecule has 1 aliphatic carbocycles. The van der Waals surface area contributed by atoms with Gasteiger partial charge in [0.2, 0.25) is 12.4 Å². The number of amides is 1. The normalized spacial score (nSPS) is 18.3. The van der Waals surface area contributed by atoms with E-state index in [0.29, 0.717) is 5.95 Å². The van der Waals surface area contributed by atoms with Crippen LogP contribution in [0.15, 0.2) is 17.7 Å². The Hall–Kier alpha value is -2.11. The van der Waals surface area contributed by atoms with Crippen molar-refractivity contribution in [1.29, 1.82) is 0 Å². The van der Waals surface area contributed by atoms with E-state index in [-0.39, 0.29) is 0 Å². The first-order valence-electron chi connectivity index (χ1n) is 8.96. The lowest BCUT2D eigenvalue weighted by Crippen LogP contribution is -2.46. The second kappa shape index (κ2) is 8.13. The van der Waals surface area contributed by atoms with E-state index in [1.807, 2.05) is 17.9 Å². The Labute approximate surface area is 144 Å². The number of anilines is 2. The third kappa shape index (κ3) is 4.46.